The van der Waals surface area contributed by atoms with Crippen LogP contribution in [0.2, 0.25) is 0 Å². The first-order chi connectivity index (χ1) is 7.47. The summed E-state index contributed by atoms with van der Waals surface area (Å²) in [7, 11) is 0. The molecule has 100 valence electrons. The van der Waals surface area contributed by atoms with Crippen molar-refractivity contribution in [3.63, 3.8) is 0 Å². The Morgan fingerprint density at radius 1 is 1.47 bits per heavy atom. The Kier molecular flexibility index (Phi) is 7.49. The lowest BCUT2D eigenvalue weighted by Gasteiger charge is -2.21. The predicted octanol–water partition coefficient (Wildman–Crippen LogP) is 0.848. The molecule has 1 amide bonds. The fourth-order valence-corrected chi connectivity index (χ4v) is 1.43. The highest BCUT2D eigenvalue weighted by Gasteiger charge is 2.13. The van der Waals surface area contributed by atoms with Gasteiger partial charge in [-0.1, -0.05) is 0 Å². The third kappa shape index (κ3) is 8.23. The zero-order valence-corrected chi connectivity index (χ0v) is 13.1. The van der Waals surface area contributed by atoms with Crippen LogP contribution >= 0.6 is 24.0 Å². The minimum absolute atomic E-state index is 0. The van der Waals surface area contributed by atoms with E-state index >= 15 is 0 Å². The van der Waals surface area contributed by atoms with E-state index < -0.39 is 0 Å². The SMILES string of the molecule is CC(C)(C)NC(=O)CCNC1=NCCCN1.I. The summed E-state index contributed by atoms with van der Waals surface area (Å²) in [5.74, 6) is 0.881. The van der Waals surface area contributed by atoms with E-state index in [1.165, 1.54) is 0 Å². The topological polar surface area (TPSA) is 65.5 Å². The van der Waals surface area contributed by atoms with Gasteiger partial charge in [0.25, 0.3) is 0 Å². The molecule has 0 atom stereocenters. The lowest BCUT2D eigenvalue weighted by atomic mass is 10.1. The van der Waals surface area contributed by atoms with E-state index in [0.29, 0.717) is 13.0 Å². The van der Waals surface area contributed by atoms with Crippen LogP contribution in [-0.4, -0.2) is 37.0 Å². The number of rotatable bonds is 3. The number of guanidine groups is 1. The first kappa shape index (κ1) is 16.5. The molecule has 3 N–H and O–H groups in total. The molecule has 1 aliphatic heterocycles. The van der Waals surface area contributed by atoms with Gasteiger partial charge in [-0.3, -0.25) is 9.79 Å². The Morgan fingerprint density at radius 3 is 2.71 bits per heavy atom. The molecule has 1 aliphatic rings. The van der Waals surface area contributed by atoms with Crippen LogP contribution in [0.5, 0.6) is 0 Å². The molecule has 1 heterocycles. The van der Waals surface area contributed by atoms with Crippen LogP contribution in [0.3, 0.4) is 0 Å². The molecule has 17 heavy (non-hydrogen) atoms. The molecule has 5 nitrogen and oxygen atoms in total. The molecule has 0 bridgehead atoms. The van der Waals surface area contributed by atoms with Crippen molar-refractivity contribution in [2.24, 2.45) is 4.99 Å². The lowest BCUT2D eigenvalue weighted by molar-refractivity contribution is -0.122. The van der Waals surface area contributed by atoms with E-state index in [1.54, 1.807) is 0 Å². The molecule has 0 saturated heterocycles. The highest BCUT2D eigenvalue weighted by atomic mass is 127. The Bertz CT molecular complexity index is 273. The number of hydrogen-bond donors (Lipinski definition) is 3. The zero-order valence-electron chi connectivity index (χ0n) is 10.8. The smallest absolute Gasteiger partial charge is 0.222 e. The largest absolute Gasteiger partial charge is 0.356 e. The van der Waals surface area contributed by atoms with Gasteiger partial charge < -0.3 is 16.0 Å². The minimum atomic E-state index is -0.155. The molecule has 0 aromatic heterocycles. The highest BCUT2D eigenvalue weighted by Crippen LogP contribution is 1.98. The van der Waals surface area contributed by atoms with Gasteiger partial charge in [-0.25, -0.2) is 0 Å². The summed E-state index contributed by atoms with van der Waals surface area (Å²) in [6, 6.07) is 0. The van der Waals surface area contributed by atoms with E-state index in [-0.39, 0.29) is 35.4 Å². The second-order valence-corrected chi connectivity index (χ2v) is 4.99. The first-order valence-corrected chi connectivity index (χ1v) is 5.80. The number of aliphatic imine (C=N–C) groups is 1. The first-order valence-electron chi connectivity index (χ1n) is 5.80. The summed E-state index contributed by atoms with van der Waals surface area (Å²) in [4.78, 5) is 15.8. The maximum absolute atomic E-state index is 11.5. The molecular formula is C11H23IN4O. The summed E-state index contributed by atoms with van der Waals surface area (Å²) in [6.45, 7) is 8.37. The molecular weight excluding hydrogens is 331 g/mol. The molecule has 0 spiro atoms. The number of nitrogens with zero attached hydrogens (tertiary/aromatic N) is 1. The summed E-state index contributed by atoms with van der Waals surface area (Å²) in [6.07, 6.45) is 1.55. The standard InChI is InChI=1S/C11H22N4O.HI/c1-11(2,3)15-9(16)5-8-14-10-12-6-4-7-13-10;/h4-8H2,1-3H3,(H,15,16)(H2,12,13,14);1H. The monoisotopic (exact) mass is 354 g/mol. The van der Waals surface area contributed by atoms with Gasteiger partial charge in [0.15, 0.2) is 5.96 Å². The number of amides is 1. The van der Waals surface area contributed by atoms with Gasteiger partial charge in [-0.05, 0) is 27.2 Å². The number of carbonyl (C=O) groups is 1. The average Bonchev–Trinajstić information content (AvgIpc) is 2.16. The Balaban J connectivity index is 0.00000256. The van der Waals surface area contributed by atoms with Gasteiger partial charge in [0.05, 0.1) is 0 Å². The van der Waals surface area contributed by atoms with Gasteiger partial charge in [-0.15, -0.1) is 24.0 Å². The van der Waals surface area contributed by atoms with E-state index in [2.05, 4.69) is 20.9 Å². The van der Waals surface area contributed by atoms with Gasteiger partial charge >= 0.3 is 0 Å². The molecule has 0 unspecified atom stereocenters. The number of halogens is 1. The fraction of sp³-hybridized carbons (Fsp3) is 0.818. The van der Waals surface area contributed by atoms with Crippen molar-refractivity contribution in [2.45, 2.75) is 39.2 Å². The van der Waals surface area contributed by atoms with Crippen LogP contribution in [0.1, 0.15) is 33.6 Å². The van der Waals surface area contributed by atoms with Crippen molar-refractivity contribution >= 4 is 35.8 Å². The van der Waals surface area contributed by atoms with Crippen LogP contribution in [0.25, 0.3) is 0 Å². The van der Waals surface area contributed by atoms with Crippen LogP contribution in [0.4, 0.5) is 0 Å². The maximum Gasteiger partial charge on any atom is 0.222 e. The van der Waals surface area contributed by atoms with Crippen molar-refractivity contribution in [1.82, 2.24) is 16.0 Å². The molecule has 0 aliphatic carbocycles. The second kappa shape index (κ2) is 7.73. The van der Waals surface area contributed by atoms with Crippen LogP contribution < -0.4 is 16.0 Å². The summed E-state index contributed by atoms with van der Waals surface area (Å²) in [5.41, 5.74) is -0.155. The highest BCUT2D eigenvalue weighted by molar-refractivity contribution is 14.0. The number of carbonyl (C=O) groups excluding carboxylic acids is 1. The molecule has 0 saturated carbocycles. The molecule has 0 radical (unpaired) electrons. The maximum atomic E-state index is 11.5. The van der Waals surface area contributed by atoms with Crippen molar-refractivity contribution in [2.75, 3.05) is 19.6 Å². The summed E-state index contributed by atoms with van der Waals surface area (Å²) >= 11 is 0. The lowest BCUT2D eigenvalue weighted by Crippen LogP contribution is -2.44. The summed E-state index contributed by atoms with van der Waals surface area (Å²) in [5, 5.41) is 9.18. The third-order valence-electron chi connectivity index (χ3n) is 2.06. The van der Waals surface area contributed by atoms with Crippen molar-refractivity contribution in [3.8, 4) is 0 Å². The number of nitrogens with one attached hydrogen (secondary N) is 3. The molecule has 6 heteroatoms. The van der Waals surface area contributed by atoms with Crippen LogP contribution in [0, 0.1) is 0 Å². The minimum Gasteiger partial charge on any atom is -0.356 e. The molecule has 0 aromatic carbocycles. The molecule has 0 aromatic rings. The summed E-state index contributed by atoms with van der Waals surface area (Å²) < 4.78 is 0. The van der Waals surface area contributed by atoms with E-state index in [4.69, 9.17) is 0 Å². The van der Waals surface area contributed by atoms with Gasteiger partial charge in [0.1, 0.15) is 0 Å². The normalized spacial score (nSPS) is 15.1. The van der Waals surface area contributed by atoms with E-state index in [0.717, 1.165) is 25.5 Å². The Hall–Kier alpha value is -0.530. The van der Waals surface area contributed by atoms with Gasteiger partial charge in [0.2, 0.25) is 5.91 Å². The average molecular weight is 354 g/mol. The van der Waals surface area contributed by atoms with Crippen LogP contribution in [0.15, 0.2) is 4.99 Å². The second-order valence-electron chi connectivity index (χ2n) is 4.99. The molecule has 1 rings (SSSR count). The van der Waals surface area contributed by atoms with E-state index in [1.807, 2.05) is 20.8 Å². The van der Waals surface area contributed by atoms with Crippen molar-refractivity contribution in [1.29, 1.82) is 0 Å². The van der Waals surface area contributed by atoms with Crippen molar-refractivity contribution in [3.05, 3.63) is 0 Å². The van der Waals surface area contributed by atoms with Crippen LogP contribution in [-0.2, 0) is 4.79 Å². The fourth-order valence-electron chi connectivity index (χ4n) is 1.43. The van der Waals surface area contributed by atoms with E-state index in [9.17, 15) is 4.79 Å². The Labute approximate surface area is 120 Å². The van der Waals surface area contributed by atoms with Crippen molar-refractivity contribution < 1.29 is 4.79 Å². The zero-order chi connectivity index (χ0) is 12.0. The third-order valence-corrected chi connectivity index (χ3v) is 2.06. The quantitative estimate of drug-likeness (QED) is 0.659. The Morgan fingerprint density at radius 2 is 2.18 bits per heavy atom. The molecule has 0 fully saturated rings. The predicted molar refractivity (Wildman–Crippen MR) is 80.9 cm³/mol. The van der Waals surface area contributed by atoms with Gasteiger partial charge in [-0.2, -0.15) is 0 Å². The van der Waals surface area contributed by atoms with Gasteiger partial charge in [0, 0.05) is 31.6 Å². The number of hydrogen-bond acceptors (Lipinski definition) is 4.